The van der Waals surface area contributed by atoms with Crippen molar-refractivity contribution in [3.63, 3.8) is 0 Å². The van der Waals surface area contributed by atoms with Gasteiger partial charge in [0.05, 0.1) is 18.6 Å². The lowest BCUT2D eigenvalue weighted by Crippen LogP contribution is -2.21. The number of rotatable bonds is 4. The molecule has 1 aromatic carbocycles. The van der Waals surface area contributed by atoms with Gasteiger partial charge in [0.1, 0.15) is 0 Å². The minimum absolute atomic E-state index is 0.128. The van der Waals surface area contributed by atoms with Crippen LogP contribution in [-0.4, -0.2) is 21.6 Å². The van der Waals surface area contributed by atoms with Gasteiger partial charge in [0.15, 0.2) is 5.75 Å². The number of aromatic nitrogens is 2. The van der Waals surface area contributed by atoms with Crippen molar-refractivity contribution < 1.29 is 9.66 Å². The Balaban J connectivity index is 2.37. The molecular weight excluding hydrogens is 250 g/mol. The van der Waals surface area contributed by atoms with Crippen LogP contribution in [0.3, 0.4) is 0 Å². The fourth-order valence-corrected chi connectivity index (χ4v) is 1.68. The Morgan fingerprint density at radius 2 is 2.26 bits per heavy atom. The van der Waals surface area contributed by atoms with E-state index in [0.29, 0.717) is 5.56 Å². The first-order valence-corrected chi connectivity index (χ1v) is 5.44. The third-order valence-corrected chi connectivity index (χ3v) is 2.58. The van der Waals surface area contributed by atoms with Gasteiger partial charge in [-0.05, 0) is 17.7 Å². The molecule has 0 aliphatic rings. The second-order valence-electron chi connectivity index (χ2n) is 3.79. The number of ether oxygens (including phenoxy) is 1. The minimum Gasteiger partial charge on any atom is -0.490 e. The van der Waals surface area contributed by atoms with E-state index in [9.17, 15) is 14.9 Å². The Labute approximate surface area is 108 Å². The van der Waals surface area contributed by atoms with Crippen LogP contribution >= 0.6 is 0 Å². The quantitative estimate of drug-likeness (QED) is 0.609. The topological polar surface area (TPSA) is 87.3 Å². The van der Waals surface area contributed by atoms with Crippen LogP contribution in [0.4, 0.5) is 5.69 Å². The van der Waals surface area contributed by atoms with Crippen LogP contribution in [0.15, 0.2) is 41.5 Å². The highest BCUT2D eigenvalue weighted by atomic mass is 16.6. The maximum absolute atomic E-state index is 11.5. The molecule has 7 nitrogen and oxygen atoms in total. The molecule has 2 rings (SSSR count). The zero-order valence-electron chi connectivity index (χ0n) is 10.1. The molecule has 0 fully saturated rings. The predicted octanol–water partition coefficient (Wildman–Crippen LogP) is 1.21. The Morgan fingerprint density at radius 3 is 2.89 bits per heavy atom. The van der Waals surface area contributed by atoms with Gasteiger partial charge in [-0.3, -0.25) is 14.7 Å². The van der Waals surface area contributed by atoms with Crippen LogP contribution in [0.25, 0.3) is 0 Å². The molecular formula is C12H11N3O4. The highest BCUT2D eigenvalue weighted by Crippen LogP contribution is 2.27. The normalized spacial score (nSPS) is 10.2. The van der Waals surface area contributed by atoms with Gasteiger partial charge < -0.3 is 4.74 Å². The zero-order valence-corrected chi connectivity index (χ0v) is 10.1. The molecule has 0 unspecified atom stereocenters. The van der Waals surface area contributed by atoms with Crippen molar-refractivity contribution in [3.8, 4) is 5.75 Å². The summed E-state index contributed by atoms with van der Waals surface area (Å²) in [6, 6.07) is 6.19. The summed E-state index contributed by atoms with van der Waals surface area (Å²) < 4.78 is 6.28. The van der Waals surface area contributed by atoms with Gasteiger partial charge in [0.2, 0.25) is 0 Å². The van der Waals surface area contributed by atoms with Crippen molar-refractivity contribution in [2.75, 3.05) is 7.11 Å². The summed E-state index contributed by atoms with van der Waals surface area (Å²) in [6.45, 7) is 0.220. The maximum Gasteiger partial charge on any atom is 0.347 e. The van der Waals surface area contributed by atoms with Crippen molar-refractivity contribution in [1.29, 1.82) is 0 Å². The van der Waals surface area contributed by atoms with E-state index in [2.05, 4.69) is 4.98 Å². The second-order valence-corrected chi connectivity index (χ2v) is 3.79. The molecule has 0 atom stereocenters. The van der Waals surface area contributed by atoms with Gasteiger partial charge in [-0.1, -0.05) is 6.07 Å². The maximum atomic E-state index is 11.5. The van der Waals surface area contributed by atoms with Crippen LogP contribution in [0.5, 0.6) is 5.75 Å². The Kier molecular flexibility index (Phi) is 3.56. The molecule has 0 aliphatic heterocycles. The molecule has 0 radical (unpaired) electrons. The lowest BCUT2D eigenvalue weighted by molar-refractivity contribution is -0.385. The summed E-state index contributed by atoms with van der Waals surface area (Å²) in [5.74, 6) is 0.187. The van der Waals surface area contributed by atoms with Crippen molar-refractivity contribution in [2.45, 2.75) is 6.54 Å². The molecule has 1 aromatic heterocycles. The summed E-state index contributed by atoms with van der Waals surface area (Å²) in [7, 11) is 1.37. The average Bonchev–Trinajstić information content (AvgIpc) is 2.41. The van der Waals surface area contributed by atoms with Crippen molar-refractivity contribution in [1.82, 2.24) is 9.55 Å². The molecule has 0 amide bonds. The van der Waals surface area contributed by atoms with Gasteiger partial charge >= 0.3 is 11.4 Å². The highest BCUT2D eigenvalue weighted by Gasteiger charge is 2.15. The van der Waals surface area contributed by atoms with E-state index in [1.54, 1.807) is 18.3 Å². The number of methoxy groups -OCH3 is 1. The van der Waals surface area contributed by atoms with Gasteiger partial charge in [0, 0.05) is 18.5 Å². The Bertz CT molecular complexity index is 666. The molecule has 0 spiro atoms. The van der Waals surface area contributed by atoms with Gasteiger partial charge in [0.25, 0.3) is 0 Å². The fourth-order valence-electron chi connectivity index (χ4n) is 1.68. The van der Waals surface area contributed by atoms with Crippen molar-refractivity contribution in [2.24, 2.45) is 0 Å². The molecule has 19 heavy (non-hydrogen) atoms. The largest absolute Gasteiger partial charge is 0.490 e. The van der Waals surface area contributed by atoms with E-state index in [1.165, 1.54) is 30.0 Å². The van der Waals surface area contributed by atoms with Crippen molar-refractivity contribution in [3.05, 3.63) is 62.8 Å². The molecule has 0 saturated heterocycles. The summed E-state index contributed by atoms with van der Waals surface area (Å²) in [4.78, 5) is 25.5. The van der Waals surface area contributed by atoms with Gasteiger partial charge in [-0.15, -0.1) is 0 Å². The number of hydrogen-bond acceptors (Lipinski definition) is 5. The predicted molar refractivity (Wildman–Crippen MR) is 67.2 cm³/mol. The molecule has 0 saturated carbocycles. The number of benzene rings is 1. The van der Waals surface area contributed by atoms with E-state index < -0.39 is 10.6 Å². The van der Waals surface area contributed by atoms with Crippen LogP contribution in [0, 0.1) is 10.1 Å². The molecule has 0 aliphatic carbocycles. The molecule has 2 aromatic rings. The highest BCUT2D eigenvalue weighted by molar-refractivity contribution is 5.48. The Morgan fingerprint density at radius 1 is 1.47 bits per heavy atom. The number of nitro benzene ring substituents is 1. The van der Waals surface area contributed by atoms with E-state index >= 15 is 0 Å². The van der Waals surface area contributed by atoms with Crippen LogP contribution in [-0.2, 0) is 6.54 Å². The number of nitro groups is 1. The SMILES string of the molecule is COc1ccc(Cn2cccnc2=O)cc1[N+](=O)[O-]. The number of hydrogen-bond donors (Lipinski definition) is 0. The first-order valence-electron chi connectivity index (χ1n) is 5.44. The summed E-state index contributed by atoms with van der Waals surface area (Å²) in [5, 5.41) is 10.9. The number of nitrogens with zero attached hydrogens (tertiary/aromatic N) is 3. The summed E-state index contributed by atoms with van der Waals surface area (Å²) >= 11 is 0. The van der Waals surface area contributed by atoms with Gasteiger partial charge in [-0.25, -0.2) is 9.78 Å². The van der Waals surface area contributed by atoms with Crippen LogP contribution < -0.4 is 10.4 Å². The lowest BCUT2D eigenvalue weighted by atomic mass is 10.2. The van der Waals surface area contributed by atoms with E-state index in [1.807, 2.05) is 0 Å². The Hall–Kier alpha value is -2.70. The van der Waals surface area contributed by atoms with Crippen LogP contribution in [0.1, 0.15) is 5.56 Å². The molecule has 7 heteroatoms. The standard InChI is InChI=1S/C12H11N3O4/c1-19-11-4-3-9(7-10(11)15(17)18)8-14-6-2-5-13-12(14)16/h2-7H,8H2,1H3. The van der Waals surface area contributed by atoms with Crippen molar-refractivity contribution >= 4 is 5.69 Å². The van der Waals surface area contributed by atoms with E-state index in [-0.39, 0.29) is 18.0 Å². The second kappa shape index (κ2) is 5.30. The van der Waals surface area contributed by atoms with Gasteiger partial charge in [-0.2, -0.15) is 0 Å². The fraction of sp³-hybridized carbons (Fsp3) is 0.167. The molecule has 98 valence electrons. The third-order valence-electron chi connectivity index (χ3n) is 2.58. The molecule has 0 bridgehead atoms. The molecule has 1 heterocycles. The van der Waals surface area contributed by atoms with E-state index in [4.69, 9.17) is 4.74 Å². The van der Waals surface area contributed by atoms with Crippen LogP contribution in [0.2, 0.25) is 0 Å². The third kappa shape index (κ3) is 2.76. The summed E-state index contributed by atoms with van der Waals surface area (Å²) in [6.07, 6.45) is 2.97. The van der Waals surface area contributed by atoms with E-state index in [0.717, 1.165) is 0 Å². The summed E-state index contributed by atoms with van der Waals surface area (Å²) in [5.41, 5.74) is 0.0977. The molecule has 0 N–H and O–H groups in total. The first-order chi connectivity index (χ1) is 9.11. The lowest BCUT2D eigenvalue weighted by Gasteiger charge is -2.06. The average molecular weight is 261 g/mol. The first kappa shape index (κ1) is 12.7. The smallest absolute Gasteiger partial charge is 0.347 e. The monoisotopic (exact) mass is 261 g/mol. The zero-order chi connectivity index (χ0) is 13.8. The minimum atomic E-state index is -0.519.